The van der Waals surface area contributed by atoms with Crippen LogP contribution in [0.25, 0.3) is 0 Å². The van der Waals surface area contributed by atoms with Crippen molar-refractivity contribution in [3.8, 4) is 0 Å². The summed E-state index contributed by atoms with van der Waals surface area (Å²) in [6, 6.07) is 1.56. The topological polar surface area (TPSA) is 27.3 Å². The van der Waals surface area contributed by atoms with Crippen molar-refractivity contribution in [1.29, 1.82) is 0 Å². The molecule has 1 aliphatic carbocycles. The van der Waals surface area contributed by atoms with Gasteiger partial charge in [-0.05, 0) is 51.7 Å². The van der Waals surface area contributed by atoms with Gasteiger partial charge in [0, 0.05) is 25.2 Å². The molecule has 0 amide bonds. The Morgan fingerprint density at radius 1 is 1.17 bits per heavy atom. The molecule has 0 aromatic heterocycles. The van der Waals surface area contributed by atoms with Crippen LogP contribution in [0.4, 0.5) is 0 Å². The quantitative estimate of drug-likeness (QED) is 0.756. The van der Waals surface area contributed by atoms with E-state index in [9.17, 15) is 0 Å². The maximum atomic E-state index is 3.81. The van der Waals surface area contributed by atoms with Crippen molar-refractivity contribution in [3.05, 3.63) is 0 Å². The van der Waals surface area contributed by atoms with Crippen LogP contribution in [-0.4, -0.2) is 50.2 Å². The van der Waals surface area contributed by atoms with E-state index in [0.717, 1.165) is 31.1 Å². The zero-order chi connectivity index (χ0) is 12.8. The smallest absolute Gasteiger partial charge is 0.0111 e. The summed E-state index contributed by atoms with van der Waals surface area (Å²) in [5.74, 6) is 0.886. The molecule has 3 nitrogen and oxygen atoms in total. The summed E-state index contributed by atoms with van der Waals surface area (Å²) in [7, 11) is 2.20. The van der Waals surface area contributed by atoms with Crippen LogP contribution in [-0.2, 0) is 0 Å². The van der Waals surface area contributed by atoms with E-state index in [1.807, 2.05) is 0 Å². The summed E-state index contributed by atoms with van der Waals surface area (Å²) < 4.78 is 0. The molecule has 1 saturated carbocycles. The number of hydrogen-bond donors (Lipinski definition) is 2. The molecule has 1 heterocycles. The van der Waals surface area contributed by atoms with Gasteiger partial charge in [0.15, 0.2) is 0 Å². The lowest BCUT2D eigenvalue weighted by atomic mass is 9.88. The van der Waals surface area contributed by atoms with Crippen molar-refractivity contribution < 1.29 is 0 Å². The molecule has 2 rings (SSSR count). The SMILES string of the molecule is CCN(C)CCNC1CCCC1C1CCCCN1. The predicted octanol–water partition coefficient (Wildman–Crippen LogP) is 1.84. The third-order valence-electron chi connectivity index (χ3n) is 4.87. The van der Waals surface area contributed by atoms with Gasteiger partial charge in [0.25, 0.3) is 0 Å². The second-order valence-corrected chi connectivity index (χ2v) is 6.11. The maximum Gasteiger partial charge on any atom is 0.0111 e. The molecule has 0 bridgehead atoms. The van der Waals surface area contributed by atoms with Gasteiger partial charge in [0.05, 0.1) is 0 Å². The maximum absolute atomic E-state index is 3.81. The van der Waals surface area contributed by atoms with Crippen molar-refractivity contribution in [2.75, 3.05) is 33.2 Å². The summed E-state index contributed by atoms with van der Waals surface area (Å²) in [5, 5.41) is 7.56. The van der Waals surface area contributed by atoms with Gasteiger partial charge in [-0.25, -0.2) is 0 Å². The van der Waals surface area contributed by atoms with Crippen molar-refractivity contribution in [3.63, 3.8) is 0 Å². The third kappa shape index (κ3) is 3.94. The Kier molecular flexibility index (Phi) is 5.93. The largest absolute Gasteiger partial charge is 0.314 e. The van der Waals surface area contributed by atoms with Gasteiger partial charge in [0.2, 0.25) is 0 Å². The second-order valence-electron chi connectivity index (χ2n) is 6.11. The predicted molar refractivity (Wildman–Crippen MR) is 77.9 cm³/mol. The lowest BCUT2D eigenvalue weighted by molar-refractivity contribution is 0.250. The van der Waals surface area contributed by atoms with E-state index in [-0.39, 0.29) is 0 Å². The van der Waals surface area contributed by atoms with Crippen molar-refractivity contribution >= 4 is 0 Å². The van der Waals surface area contributed by atoms with Gasteiger partial charge in [-0.2, -0.15) is 0 Å². The fourth-order valence-electron chi connectivity index (χ4n) is 3.57. The van der Waals surface area contributed by atoms with Crippen molar-refractivity contribution in [1.82, 2.24) is 15.5 Å². The summed E-state index contributed by atoms with van der Waals surface area (Å²) >= 11 is 0. The highest BCUT2D eigenvalue weighted by Crippen LogP contribution is 2.31. The Labute approximate surface area is 113 Å². The average Bonchev–Trinajstić information content (AvgIpc) is 2.88. The standard InChI is InChI=1S/C15H31N3/c1-3-18(2)12-11-17-15-9-6-7-13(15)14-8-4-5-10-16-14/h13-17H,3-12H2,1-2H3. The van der Waals surface area contributed by atoms with Crippen LogP contribution in [0.2, 0.25) is 0 Å². The highest BCUT2D eigenvalue weighted by atomic mass is 15.1. The molecule has 18 heavy (non-hydrogen) atoms. The molecular formula is C15H31N3. The van der Waals surface area contributed by atoms with E-state index >= 15 is 0 Å². The number of nitrogens with zero attached hydrogens (tertiary/aromatic N) is 1. The Morgan fingerprint density at radius 2 is 2.06 bits per heavy atom. The van der Waals surface area contributed by atoms with E-state index < -0.39 is 0 Å². The van der Waals surface area contributed by atoms with Crippen molar-refractivity contribution in [2.24, 2.45) is 5.92 Å². The van der Waals surface area contributed by atoms with Crippen molar-refractivity contribution in [2.45, 2.75) is 57.5 Å². The molecule has 0 aromatic carbocycles. The third-order valence-corrected chi connectivity index (χ3v) is 4.87. The number of piperidine rings is 1. The van der Waals surface area contributed by atoms with E-state index in [4.69, 9.17) is 0 Å². The summed E-state index contributed by atoms with van der Waals surface area (Å²) in [5.41, 5.74) is 0. The molecule has 3 heteroatoms. The van der Waals surface area contributed by atoms with Crippen LogP contribution in [0.1, 0.15) is 45.4 Å². The summed E-state index contributed by atoms with van der Waals surface area (Å²) in [6.07, 6.45) is 8.45. The number of rotatable bonds is 6. The minimum Gasteiger partial charge on any atom is -0.314 e. The highest BCUT2D eigenvalue weighted by Gasteiger charge is 2.33. The van der Waals surface area contributed by atoms with E-state index in [2.05, 4.69) is 29.5 Å². The van der Waals surface area contributed by atoms with Crippen LogP contribution in [0.3, 0.4) is 0 Å². The minimum atomic E-state index is 0.769. The van der Waals surface area contributed by atoms with Gasteiger partial charge in [0.1, 0.15) is 0 Å². The number of hydrogen-bond acceptors (Lipinski definition) is 3. The van der Waals surface area contributed by atoms with Crippen LogP contribution in [0.15, 0.2) is 0 Å². The highest BCUT2D eigenvalue weighted by molar-refractivity contribution is 4.92. The molecule has 2 N–H and O–H groups in total. The van der Waals surface area contributed by atoms with Gasteiger partial charge in [-0.3, -0.25) is 0 Å². The summed E-state index contributed by atoms with van der Waals surface area (Å²) in [6.45, 7) is 6.95. The molecule has 0 spiro atoms. The number of nitrogens with one attached hydrogen (secondary N) is 2. The Morgan fingerprint density at radius 3 is 2.78 bits per heavy atom. The number of likely N-dealkylation sites (N-methyl/N-ethyl adjacent to an activating group) is 1. The van der Waals surface area contributed by atoms with Gasteiger partial charge >= 0.3 is 0 Å². The Hall–Kier alpha value is -0.120. The molecule has 0 aromatic rings. The first-order chi connectivity index (χ1) is 8.81. The minimum absolute atomic E-state index is 0.769. The molecule has 1 aliphatic heterocycles. The molecule has 2 fully saturated rings. The molecular weight excluding hydrogens is 222 g/mol. The van der Waals surface area contributed by atoms with E-state index in [1.54, 1.807) is 0 Å². The zero-order valence-corrected chi connectivity index (χ0v) is 12.3. The lowest BCUT2D eigenvalue weighted by Gasteiger charge is -2.33. The lowest BCUT2D eigenvalue weighted by Crippen LogP contribution is -2.47. The monoisotopic (exact) mass is 253 g/mol. The van der Waals surface area contributed by atoms with Crippen LogP contribution >= 0.6 is 0 Å². The first-order valence-electron chi connectivity index (χ1n) is 7.96. The molecule has 3 atom stereocenters. The Bertz CT molecular complexity index is 226. The van der Waals surface area contributed by atoms with Crippen LogP contribution in [0, 0.1) is 5.92 Å². The molecule has 2 aliphatic rings. The zero-order valence-electron chi connectivity index (χ0n) is 12.3. The molecule has 0 radical (unpaired) electrons. The fraction of sp³-hybridized carbons (Fsp3) is 1.00. The van der Waals surface area contributed by atoms with Gasteiger partial charge in [-0.1, -0.05) is 19.8 Å². The van der Waals surface area contributed by atoms with Gasteiger partial charge < -0.3 is 15.5 Å². The average molecular weight is 253 g/mol. The van der Waals surface area contributed by atoms with Crippen LogP contribution < -0.4 is 10.6 Å². The fourth-order valence-corrected chi connectivity index (χ4v) is 3.57. The van der Waals surface area contributed by atoms with Crippen LogP contribution in [0.5, 0.6) is 0 Å². The molecule has 1 saturated heterocycles. The van der Waals surface area contributed by atoms with Gasteiger partial charge in [-0.15, -0.1) is 0 Å². The molecule has 106 valence electrons. The molecule has 3 unspecified atom stereocenters. The second kappa shape index (κ2) is 7.46. The normalized spacial score (nSPS) is 33.2. The summed E-state index contributed by atoms with van der Waals surface area (Å²) in [4.78, 5) is 2.38. The first kappa shape index (κ1) is 14.3. The Balaban J connectivity index is 1.72. The first-order valence-corrected chi connectivity index (χ1v) is 7.96. The van der Waals surface area contributed by atoms with E-state index in [1.165, 1.54) is 51.6 Å². The van der Waals surface area contributed by atoms with E-state index in [0.29, 0.717) is 0 Å².